The number of hydrogen-bond donors (Lipinski definition) is 2. The Morgan fingerprint density at radius 3 is 2.56 bits per heavy atom. The number of rotatable bonds is 3. The van der Waals surface area contributed by atoms with E-state index in [1.54, 1.807) is 0 Å². The van der Waals surface area contributed by atoms with E-state index in [1.807, 2.05) is 18.2 Å². The summed E-state index contributed by atoms with van der Waals surface area (Å²) in [4.78, 5) is 28.1. The Hall–Kier alpha value is -3.01. The molecule has 194 valence electrons. The maximum atomic E-state index is 12.3. The van der Waals surface area contributed by atoms with Crippen molar-refractivity contribution in [3.8, 4) is 5.75 Å². The van der Waals surface area contributed by atoms with Crippen molar-refractivity contribution in [2.24, 2.45) is 0 Å². The van der Waals surface area contributed by atoms with Crippen LogP contribution >= 0.6 is 11.6 Å². The molecule has 1 saturated heterocycles. The summed E-state index contributed by atoms with van der Waals surface area (Å²) in [6.07, 6.45) is 3.75. The molecule has 3 heterocycles. The van der Waals surface area contributed by atoms with E-state index in [4.69, 9.17) is 16.3 Å². The Labute approximate surface area is 212 Å². The molecule has 11 heteroatoms. The number of nitrogens with one attached hydrogen (secondary N) is 2. The standard InChI is InChI=1S/C16H20ClNO2.C9H8F3N3O/c17-12-7-9-14-11(10-12)6-8-15(20-14)16(19)18-13-4-2-1-3-5-13;10-9(11,12)7-2-1-6(5-14-7)15-4-3-13-8(15)16/h7,9-10,13,15H,1-6,8H2,(H,18,19);1-2,5H,3-4H2,(H,13,16). The van der Waals surface area contributed by atoms with Crippen molar-refractivity contribution in [2.45, 2.75) is 63.3 Å². The predicted octanol–water partition coefficient (Wildman–Crippen LogP) is 5.11. The van der Waals surface area contributed by atoms with Gasteiger partial charge < -0.3 is 15.4 Å². The molecule has 0 radical (unpaired) electrons. The van der Waals surface area contributed by atoms with E-state index in [0.717, 1.165) is 54.3 Å². The fraction of sp³-hybridized carbons (Fsp3) is 0.480. The molecule has 0 bridgehead atoms. The zero-order chi connectivity index (χ0) is 25.7. The summed E-state index contributed by atoms with van der Waals surface area (Å²) >= 11 is 5.97. The molecule has 1 aromatic carbocycles. The second-order valence-corrected chi connectivity index (χ2v) is 9.46. The fourth-order valence-electron chi connectivity index (χ4n) is 4.51. The van der Waals surface area contributed by atoms with Crippen LogP contribution in [0.3, 0.4) is 0 Å². The van der Waals surface area contributed by atoms with Crippen LogP contribution in [0.2, 0.25) is 5.02 Å². The molecule has 1 aromatic heterocycles. The highest BCUT2D eigenvalue weighted by Crippen LogP contribution is 2.31. The molecule has 1 saturated carbocycles. The zero-order valence-electron chi connectivity index (χ0n) is 19.6. The summed E-state index contributed by atoms with van der Waals surface area (Å²) in [6, 6.07) is 7.71. The van der Waals surface area contributed by atoms with Gasteiger partial charge in [-0.05, 0) is 61.6 Å². The van der Waals surface area contributed by atoms with Gasteiger partial charge in [-0.3, -0.25) is 9.69 Å². The molecule has 7 nitrogen and oxygen atoms in total. The molecule has 5 rings (SSSR count). The van der Waals surface area contributed by atoms with E-state index in [0.29, 0.717) is 24.8 Å². The SMILES string of the molecule is O=C(NC1CCCCC1)C1CCc2cc(Cl)ccc2O1.O=C1NCCN1c1ccc(C(F)(F)F)nc1. The largest absolute Gasteiger partial charge is 0.480 e. The molecule has 2 aromatic rings. The van der Waals surface area contributed by atoms with E-state index in [1.165, 1.54) is 30.2 Å². The lowest BCUT2D eigenvalue weighted by atomic mass is 9.95. The third-order valence-corrected chi connectivity index (χ3v) is 6.65. The average Bonchev–Trinajstić information content (AvgIpc) is 3.30. The summed E-state index contributed by atoms with van der Waals surface area (Å²) in [5.41, 5.74) is 0.498. The third kappa shape index (κ3) is 6.60. The minimum Gasteiger partial charge on any atom is -0.480 e. The van der Waals surface area contributed by atoms with E-state index in [-0.39, 0.29) is 18.0 Å². The first kappa shape index (κ1) is 26.1. The first-order chi connectivity index (χ1) is 17.2. The van der Waals surface area contributed by atoms with Crippen LogP contribution in [0.15, 0.2) is 36.5 Å². The number of anilines is 1. The van der Waals surface area contributed by atoms with Gasteiger partial charge in [0.2, 0.25) is 0 Å². The number of aryl methyl sites for hydroxylation is 1. The highest BCUT2D eigenvalue weighted by molar-refractivity contribution is 6.30. The summed E-state index contributed by atoms with van der Waals surface area (Å²) in [7, 11) is 0. The van der Waals surface area contributed by atoms with Gasteiger partial charge in [0.05, 0.1) is 11.9 Å². The third-order valence-electron chi connectivity index (χ3n) is 6.42. The molecule has 1 atom stereocenters. The maximum Gasteiger partial charge on any atom is 0.433 e. The lowest BCUT2D eigenvalue weighted by molar-refractivity contribution is -0.141. The number of carbonyl (C=O) groups is 2. The first-order valence-corrected chi connectivity index (χ1v) is 12.4. The van der Waals surface area contributed by atoms with Crippen molar-refractivity contribution < 1.29 is 27.5 Å². The molecule has 1 aliphatic carbocycles. The zero-order valence-corrected chi connectivity index (χ0v) is 20.4. The van der Waals surface area contributed by atoms with Crippen molar-refractivity contribution in [1.29, 1.82) is 0 Å². The van der Waals surface area contributed by atoms with Crippen LogP contribution in [-0.4, -0.2) is 42.2 Å². The van der Waals surface area contributed by atoms with Gasteiger partial charge in [-0.1, -0.05) is 30.9 Å². The topological polar surface area (TPSA) is 83.6 Å². The number of urea groups is 1. The van der Waals surface area contributed by atoms with Crippen LogP contribution in [0.5, 0.6) is 5.75 Å². The van der Waals surface area contributed by atoms with Crippen LogP contribution in [0.25, 0.3) is 0 Å². The summed E-state index contributed by atoms with van der Waals surface area (Å²) in [5.74, 6) is 0.835. The Kier molecular flexibility index (Phi) is 8.23. The number of hydrogen-bond acceptors (Lipinski definition) is 4. The lowest BCUT2D eigenvalue weighted by Crippen LogP contribution is -2.45. The normalized spacial score (nSPS) is 19.9. The molecule has 3 amide bonds. The van der Waals surface area contributed by atoms with Crippen LogP contribution < -0.4 is 20.3 Å². The molecule has 1 unspecified atom stereocenters. The summed E-state index contributed by atoms with van der Waals surface area (Å²) < 4.78 is 42.5. The summed E-state index contributed by atoms with van der Waals surface area (Å²) in [5, 5.41) is 6.41. The lowest BCUT2D eigenvalue weighted by Gasteiger charge is -2.28. The smallest absolute Gasteiger partial charge is 0.433 e. The number of nitrogens with zero attached hydrogens (tertiary/aromatic N) is 2. The van der Waals surface area contributed by atoms with Crippen LogP contribution in [0.4, 0.5) is 23.7 Å². The first-order valence-electron chi connectivity index (χ1n) is 12.0. The number of benzene rings is 1. The number of pyridine rings is 1. The van der Waals surface area contributed by atoms with Gasteiger partial charge in [0.25, 0.3) is 5.91 Å². The van der Waals surface area contributed by atoms with Gasteiger partial charge in [-0.15, -0.1) is 0 Å². The molecular weight excluding hydrogens is 497 g/mol. The van der Waals surface area contributed by atoms with Gasteiger partial charge in [0, 0.05) is 24.2 Å². The second kappa shape index (κ2) is 11.4. The highest BCUT2D eigenvalue weighted by atomic mass is 35.5. The Morgan fingerprint density at radius 1 is 1.14 bits per heavy atom. The molecule has 2 N–H and O–H groups in total. The second-order valence-electron chi connectivity index (χ2n) is 9.02. The number of carbonyl (C=O) groups excluding carboxylic acids is 2. The Balaban J connectivity index is 0.000000174. The van der Waals surface area contributed by atoms with Gasteiger partial charge in [0.15, 0.2) is 6.10 Å². The number of amides is 3. The van der Waals surface area contributed by atoms with Crippen molar-refractivity contribution >= 4 is 29.2 Å². The Morgan fingerprint density at radius 2 is 1.92 bits per heavy atom. The molecule has 3 aliphatic rings. The van der Waals surface area contributed by atoms with Crippen LogP contribution in [0.1, 0.15) is 49.8 Å². The van der Waals surface area contributed by atoms with E-state index < -0.39 is 11.9 Å². The number of fused-ring (bicyclic) bond motifs is 1. The van der Waals surface area contributed by atoms with Crippen LogP contribution in [0, 0.1) is 0 Å². The van der Waals surface area contributed by atoms with Crippen molar-refractivity contribution in [3.05, 3.63) is 52.8 Å². The maximum absolute atomic E-state index is 12.3. The fourth-order valence-corrected chi connectivity index (χ4v) is 4.71. The minimum atomic E-state index is -4.45. The van der Waals surface area contributed by atoms with Gasteiger partial charge in [0.1, 0.15) is 11.4 Å². The number of halogens is 4. The Bertz CT molecular complexity index is 1080. The predicted molar refractivity (Wildman–Crippen MR) is 129 cm³/mol. The molecule has 0 spiro atoms. The number of aromatic nitrogens is 1. The molecule has 36 heavy (non-hydrogen) atoms. The van der Waals surface area contributed by atoms with Gasteiger partial charge in [-0.25, -0.2) is 9.78 Å². The highest BCUT2D eigenvalue weighted by Gasteiger charge is 2.33. The molecule has 2 aliphatic heterocycles. The van der Waals surface area contributed by atoms with Crippen molar-refractivity contribution in [3.63, 3.8) is 0 Å². The molecular formula is C25H28ClF3N4O3. The van der Waals surface area contributed by atoms with E-state index in [9.17, 15) is 22.8 Å². The van der Waals surface area contributed by atoms with Gasteiger partial charge in [-0.2, -0.15) is 13.2 Å². The monoisotopic (exact) mass is 524 g/mol. The van der Waals surface area contributed by atoms with E-state index in [2.05, 4.69) is 15.6 Å². The average molecular weight is 525 g/mol. The molecule has 2 fully saturated rings. The van der Waals surface area contributed by atoms with Crippen molar-refractivity contribution in [2.75, 3.05) is 18.0 Å². The van der Waals surface area contributed by atoms with E-state index >= 15 is 0 Å². The van der Waals surface area contributed by atoms with Gasteiger partial charge >= 0.3 is 12.2 Å². The van der Waals surface area contributed by atoms with Crippen LogP contribution in [-0.2, 0) is 17.4 Å². The minimum absolute atomic E-state index is 0.0394. The van der Waals surface area contributed by atoms with Crippen molar-refractivity contribution in [1.82, 2.24) is 15.6 Å². The number of alkyl halides is 3. The quantitative estimate of drug-likeness (QED) is 0.584. The summed E-state index contributed by atoms with van der Waals surface area (Å²) in [6.45, 7) is 0.922. The number of ether oxygens (including phenoxy) is 1.